The summed E-state index contributed by atoms with van der Waals surface area (Å²) in [5, 5.41) is 12.7. The Kier molecular flexibility index (Phi) is 3.57. The number of nitrogens with one attached hydrogen (secondary N) is 1. The van der Waals surface area contributed by atoms with Gasteiger partial charge in [-0.05, 0) is 43.4 Å². The summed E-state index contributed by atoms with van der Waals surface area (Å²) in [5.74, 6) is 0.518. The molecular weight excluding hydrogens is 238 g/mol. The van der Waals surface area contributed by atoms with Gasteiger partial charge in [0.2, 0.25) is 0 Å². The maximum atomic E-state index is 12.0. The summed E-state index contributed by atoms with van der Waals surface area (Å²) in [5.41, 5.74) is 0.339. The van der Waals surface area contributed by atoms with Crippen molar-refractivity contribution in [3.63, 3.8) is 0 Å². The predicted octanol–water partition coefficient (Wildman–Crippen LogP) is 2.96. The zero-order valence-electron chi connectivity index (χ0n) is 9.74. The van der Waals surface area contributed by atoms with Crippen molar-refractivity contribution in [1.82, 2.24) is 5.32 Å². The van der Waals surface area contributed by atoms with Gasteiger partial charge in [0.25, 0.3) is 5.91 Å². The first-order valence-electron chi connectivity index (χ1n) is 5.85. The zero-order valence-corrected chi connectivity index (χ0v) is 10.5. The van der Waals surface area contributed by atoms with Crippen LogP contribution in [0, 0.1) is 5.92 Å². The highest BCUT2D eigenvalue weighted by molar-refractivity contribution is 6.33. The van der Waals surface area contributed by atoms with Crippen molar-refractivity contribution in [3.8, 4) is 5.75 Å². The van der Waals surface area contributed by atoms with Crippen LogP contribution in [-0.4, -0.2) is 17.1 Å². The van der Waals surface area contributed by atoms with Crippen molar-refractivity contribution in [2.24, 2.45) is 5.92 Å². The molecule has 1 fully saturated rings. The standard InChI is InChI=1S/C13H16ClNO2/c1-8-2-3-9(6-8)15-13(17)11-7-10(16)4-5-12(11)14/h4-5,7-9,16H,2-3,6H2,1H3,(H,15,17). The molecular formula is C13H16ClNO2. The second-order valence-corrected chi connectivity index (χ2v) is 5.16. The lowest BCUT2D eigenvalue weighted by atomic mass is 10.1. The molecule has 1 aliphatic rings. The third-order valence-corrected chi connectivity index (χ3v) is 3.55. The summed E-state index contributed by atoms with van der Waals surface area (Å²) >= 11 is 5.93. The number of halogens is 1. The smallest absolute Gasteiger partial charge is 0.253 e. The summed E-state index contributed by atoms with van der Waals surface area (Å²) < 4.78 is 0. The van der Waals surface area contributed by atoms with Gasteiger partial charge in [0.15, 0.2) is 0 Å². The summed E-state index contributed by atoms with van der Waals surface area (Å²) in [6.07, 6.45) is 3.18. The topological polar surface area (TPSA) is 49.3 Å². The van der Waals surface area contributed by atoms with E-state index in [-0.39, 0.29) is 17.7 Å². The van der Waals surface area contributed by atoms with Crippen molar-refractivity contribution in [3.05, 3.63) is 28.8 Å². The summed E-state index contributed by atoms with van der Waals surface area (Å²) in [6, 6.07) is 4.63. The average Bonchev–Trinajstić information content (AvgIpc) is 2.67. The lowest BCUT2D eigenvalue weighted by Crippen LogP contribution is -2.33. The molecule has 4 heteroatoms. The molecule has 92 valence electrons. The minimum atomic E-state index is -0.204. The number of carbonyl (C=O) groups excluding carboxylic acids is 1. The van der Waals surface area contributed by atoms with Gasteiger partial charge in [-0.3, -0.25) is 4.79 Å². The fraction of sp³-hybridized carbons (Fsp3) is 0.462. The van der Waals surface area contributed by atoms with Crippen LogP contribution in [0.1, 0.15) is 36.5 Å². The summed E-state index contributed by atoms with van der Waals surface area (Å²) in [7, 11) is 0. The van der Waals surface area contributed by atoms with Crippen LogP contribution in [0.15, 0.2) is 18.2 Å². The molecule has 1 amide bonds. The largest absolute Gasteiger partial charge is 0.508 e. The number of amides is 1. The average molecular weight is 254 g/mol. The molecule has 2 atom stereocenters. The first kappa shape index (κ1) is 12.2. The number of carbonyl (C=O) groups is 1. The maximum Gasteiger partial charge on any atom is 0.253 e. The van der Waals surface area contributed by atoms with E-state index in [0.717, 1.165) is 19.3 Å². The van der Waals surface area contributed by atoms with Crippen LogP contribution >= 0.6 is 11.6 Å². The monoisotopic (exact) mass is 253 g/mol. The van der Waals surface area contributed by atoms with Gasteiger partial charge in [-0.25, -0.2) is 0 Å². The van der Waals surface area contributed by atoms with E-state index in [9.17, 15) is 9.90 Å². The van der Waals surface area contributed by atoms with E-state index in [4.69, 9.17) is 11.6 Å². The lowest BCUT2D eigenvalue weighted by molar-refractivity contribution is 0.0937. The minimum Gasteiger partial charge on any atom is -0.508 e. The Morgan fingerprint density at radius 3 is 2.88 bits per heavy atom. The molecule has 0 bridgehead atoms. The third kappa shape index (κ3) is 2.91. The van der Waals surface area contributed by atoms with E-state index in [1.165, 1.54) is 18.2 Å². The number of aromatic hydroxyl groups is 1. The van der Waals surface area contributed by atoms with E-state index in [1.54, 1.807) is 0 Å². The van der Waals surface area contributed by atoms with Crippen LogP contribution in [0.25, 0.3) is 0 Å². The van der Waals surface area contributed by atoms with E-state index < -0.39 is 0 Å². The Bertz CT molecular complexity index is 433. The number of hydrogen-bond donors (Lipinski definition) is 2. The molecule has 0 saturated heterocycles. The molecule has 1 aromatic carbocycles. The number of phenolic OH excluding ortho intramolecular Hbond substituents is 1. The molecule has 0 radical (unpaired) electrons. The van der Waals surface area contributed by atoms with Crippen molar-refractivity contribution in [1.29, 1.82) is 0 Å². The summed E-state index contributed by atoms with van der Waals surface area (Å²) in [4.78, 5) is 12.0. The molecule has 2 unspecified atom stereocenters. The highest BCUT2D eigenvalue weighted by atomic mass is 35.5. The van der Waals surface area contributed by atoms with Gasteiger partial charge >= 0.3 is 0 Å². The van der Waals surface area contributed by atoms with Gasteiger partial charge in [0.1, 0.15) is 5.75 Å². The quantitative estimate of drug-likeness (QED) is 0.851. The Balaban J connectivity index is 2.06. The minimum absolute atomic E-state index is 0.0549. The Morgan fingerprint density at radius 2 is 2.24 bits per heavy atom. The molecule has 0 spiro atoms. The number of benzene rings is 1. The van der Waals surface area contributed by atoms with Crippen LogP contribution in [0.3, 0.4) is 0 Å². The first-order chi connectivity index (χ1) is 8.06. The van der Waals surface area contributed by atoms with Crippen LogP contribution in [0.5, 0.6) is 5.75 Å². The fourth-order valence-electron chi connectivity index (χ4n) is 2.29. The second-order valence-electron chi connectivity index (χ2n) is 4.75. The Morgan fingerprint density at radius 1 is 1.47 bits per heavy atom. The molecule has 2 rings (SSSR count). The molecule has 0 aromatic heterocycles. The van der Waals surface area contributed by atoms with Crippen molar-refractivity contribution >= 4 is 17.5 Å². The van der Waals surface area contributed by atoms with Gasteiger partial charge < -0.3 is 10.4 Å². The Labute approximate surface area is 106 Å². The molecule has 1 saturated carbocycles. The molecule has 0 aliphatic heterocycles. The van der Waals surface area contributed by atoms with Gasteiger partial charge in [0.05, 0.1) is 10.6 Å². The van der Waals surface area contributed by atoms with Crippen molar-refractivity contribution in [2.75, 3.05) is 0 Å². The van der Waals surface area contributed by atoms with E-state index in [1.807, 2.05) is 0 Å². The SMILES string of the molecule is CC1CCC(NC(=O)c2cc(O)ccc2Cl)C1. The molecule has 1 aromatic rings. The Hall–Kier alpha value is -1.22. The number of hydrogen-bond acceptors (Lipinski definition) is 2. The molecule has 0 heterocycles. The first-order valence-corrected chi connectivity index (χ1v) is 6.23. The van der Waals surface area contributed by atoms with E-state index >= 15 is 0 Å². The maximum absolute atomic E-state index is 12.0. The van der Waals surface area contributed by atoms with Crippen LogP contribution in [0.4, 0.5) is 0 Å². The highest BCUT2D eigenvalue weighted by Gasteiger charge is 2.23. The lowest BCUT2D eigenvalue weighted by Gasteiger charge is -2.13. The predicted molar refractivity (Wildman–Crippen MR) is 67.4 cm³/mol. The van der Waals surface area contributed by atoms with Crippen LogP contribution in [0.2, 0.25) is 5.02 Å². The highest BCUT2D eigenvalue weighted by Crippen LogP contribution is 2.26. The third-order valence-electron chi connectivity index (χ3n) is 3.22. The number of rotatable bonds is 2. The van der Waals surface area contributed by atoms with Crippen molar-refractivity contribution < 1.29 is 9.90 Å². The van der Waals surface area contributed by atoms with Gasteiger partial charge in [-0.15, -0.1) is 0 Å². The molecule has 17 heavy (non-hydrogen) atoms. The van der Waals surface area contributed by atoms with Gasteiger partial charge in [0, 0.05) is 6.04 Å². The number of phenols is 1. The molecule has 1 aliphatic carbocycles. The van der Waals surface area contributed by atoms with Crippen molar-refractivity contribution in [2.45, 2.75) is 32.2 Å². The van der Waals surface area contributed by atoms with Gasteiger partial charge in [-0.2, -0.15) is 0 Å². The zero-order chi connectivity index (χ0) is 12.4. The summed E-state index contributed by atoms with van der Waals surface area (Å²) in [6.45, 7) is 2.19. The van der Waals surface area contributed by atoms with Crippen LogP contribution < -0.4 is 5.32 Å². The van der Waals surface area contributed by atoms with Gasteiger partial charge in [-0.1, -0.05) is 18.5 Å². The molecule has 3 nitrogen and oxygen atoms in total. The van der Waals surface area contributed by atoms with E-state index in [0.29, 0.717) is 16.5 Å². The second kappa shape index (κ2) is 4.96. The van der Waals surface area contributed by atoms with Crippen LogP contribution in [-0.2, 0) is 0 Å². The normalized spacial score (nSPS) is 23.6. The van der Waals surface area contributed by atoms with E-state index in [2.05, 4.69) is 12.2 Å². The fourth-order valence-corrected chi connectivity index (χ4v) is 2.49. The molecule has 2 N–H and O–H groups in total.